The molecule has 11 aromatic rings. The highest BCUT2D eigenvalue weighted by atomic mass is 16.3. The van der Waals surface area contributed by atoms with E-state index < -0.39 is 0 Å². The molecule has 2 aliphatic rings. The lowest BCUT2D eigenvalue weighted by Gasteiger charge is -2.30. The minimum Gasteiger partial charge on any atom is -0.456 e. The Kier molecular flexibility index (Phi) is 10.2. The number of fused-ring (bicyclic) bond motifs is 7. The third-order valence-electron chi connectivity index (χ3n) is 15.0. The lowest BCUT2D eigenvalue weighted by atomic mass is 9.87. The Labute approximate surface area is 404 Å². The molecule has 13 rings (SSSR count). The third-order valence-corrected chi connectivity index (χ3v) is 15.0. The Hall–Kier alpha value is -7.88. The van der Waals surface area contributed by atoms with Gasteiger partial charge in [0, 0.05) is 44.6 Å². The Morgan fingerprint density at radius 1 is 0.333 bits per heavy atom. The molecule has 0 spiro atoms. The summed E-state index contributed by atoms with van der Waals surface area (Å²) in [5.74, 6) is 0. The topological polar surface area (TPSA) is 19.6 Å². The number of nitrogens with zero attached hydrogens (tertiary/aromatic N) is 2. The van der Waals surface area contributed by atoms with Gasteiger partial charge in [-0.3, -0.25) is 0 Å². The lowest BCUT2D eigenvalue weighted by molar-refractivity contribution is 0.670. The van der Waals surface area contributed by atoms with Crippen molar-refractivity contribution >= 4 is 77.6 Å². The van der Waals surface area contributed by atoms with Crippen LogP contribution >= 0.6 is 0 Å². The predicted molar refractivity (Wildman–Crippen MR) is 292 cm³/mol. The number of hydrogen-bond donors (Lipinski definition) is 0. The van der Waals surface area contributed by atoms with Crippen LogP contribution in [0.15, 0.2) is 199 Å². The molecular formula is C66H54N2O. The first kappa shape index (κ1) is 41.3. The van der Waals surface area contributed by atoms with Gasteiger partial charge in [0.15, 0.2) is 0 Å². The average molecular weight is 891 g/mol. The van der Waals surface area contributed by atoms with Crippen LogP contribution in [-0.2, 0) is 25.7 Å². The normalized spacial score (nSPS) is 13.5. The molecular weight excluding hydrogens is 837 g/mol. The number of rotatable bonds is 8. The van der Waals surface area contributed by atoms with Crippen LogP contribution < -0.4 is 9.80 Å². The summed E-state index contributed by atoms with van der Waals surface area (Å²) in [6, 6.07) is 72.8. The zero-order valence-electron chi connectivity index (χ0n) is 39.4. The molecule has 2 aliphatic carbocycles. The van der Waals surface area contributed by atoms with Gasteiger partial charge in [-0.25, -0.2) is 0 Å². The van der Waals surface area contributed by atoms with Crippen molar-refractivity contribution in [3.8, 4) is 22.3 Å². The second kappa shape index (κ2) is 17.0. The Morgan fingerprint density at radius 2 is 0.710 bits per heavy atom. The molecule has 69 heavy (non-hydrogen) atoms. The van der Waals surface area contributed by atoms with Crippen molar-refractivity contribution in [2.24, 2.45) is 0 Å². The van der Waals surface area contributed by atoms with Gasteiger partial charge in [-0.2, -0.15) is 0 Å². The molecule has 0 amide bonds. The minimum absolute atomic E-state index is 0.897. The van der Waals surface area contributed by atoms with Crippen LogP contribution in [0.2, 0.25) is 0 Å². The highest BCUT2D eigenvalue weighted by molar-refractivity contribution is 6.14. The largest absolute Gasteiger partial charge is 0.456 e. The second-order valence-electron chi connectivity index (χ2n) is 19.6. The molecule has 3 nitrogen and oxygen atoms in total. The minimum atomic E-state index is 0.897. The molecule has 0 unspecified atom stereocenters. The van der Waals surface area contributed by atoms with Gasteiger partial charge in [-0.15, -0.1) is 0 Å². The first-order chi connectivity index (χ1) is 34.0. The van der Waals surface area contributed by atoms with E-state index in [9.17, 15) is 0 Å². The molecule has 3 heteroatoms. The molecule has 10 aromatic carbocycles. The smallest absolute Gasteiger partial charge is 0.136 e. The van der Waals surface area contributed by atoms with Gasteiger partial charge in [0.25, 0.3) is 0 Å². The Balaban J connectivity index is 0.939. The first-order valence-electron chi connectivity index (χ1n) is 25.0. The quantitative estimate of drug-likeness (QED) is 0.152. The zero-order chi connectivity index (χ0) is 46.0. The van der Waals surface area contributed by atoms with Crippen LogP contribution in [0.3, 0.4) is 0 Å². The zero-order valence-corrected chi connectivity index (χ0v) is 39.4. The fraction of sp³-hybridized carbons (Fsp3) is 0.152. The fourth-order valence-corrected chi connectivity index (χ4v) is 11.4. The van der Waals surface area contributed by atoms with Crippen LogP contribution in [0, 0.1) is 13.8 Å². The van der Waals surface area contributed by atoms with E-state index in [1.165, 1.54) is 103 Å². The Morgan fingerprint density at radius 3 is 1.12 bits per heavy atom. The summed E-state index contributed by atoms with van der Waals surface area (Å²) in [5, 5.41) is 6.95. The van der Waals surface area contributed by atoms with Gasteiger partial charge in [0.05, 0.1) is 11.4 Å². The van der Waals surface area contributed by atoms with E-state index in [1.807, 2.05) is 0 Å². The summed E-state index contributed by atoms with van der Waals surface area (Å²) in [4.78, 5) is 4.94. The van der Waals surface area contributed by atoms with Crippen LogP contribution in [0.4, 0.5) is 34.1 Å². The maximum atomic E-state index is 6.89. The monoisotopic (exact) mass is 890 g/mol. The number of benzene rings is 10. The molecule has 0 fully saturated rings. The van der Waals surface area contributed by atoms with Crippen molar-refractivity contribution < 1.29 is 4.42 Å². The van der Waals surface area contributed by atoms with Crippen molar-refractivity contribution in [2.45, 2.75) is 65.2 Å². The Bertz CT molecular complexity index is 3490. The maximum Gasteiger partial charge on any atom is 0.136 e. The molecule has 0 radical (unpaired) electrons. The van der Waals surface area contributed by atoms with Gasteiger partial charge >= 0.3 is 0 Å². The molecule has 0 bridgehead atoms. The third kappa shape index (κ3) is 7.54. The van der Waals surface area contributed by atoms with E-state index in [0.717, 1.165) is 81.1 Å². The van der Waals surface area contributed by atoms with E-state index >= 15 is 0 Å². The van der Waals surface area contributed by atoms with Crippen LogP contribution in [0.5, 0.6) is 0 Å². The van der Waals surface area contributed by atoms with Crippen molar-refractivity contribution in [2.75, 3.05) is 9.80 Å². The van der Waals surface area contributed by atoms with Gasteiger partial charge in [0.1, 0.15) is 11.2 Å². The summed E-state index contributed by atoms with van der Waals surface area (Å²) in [6.45, 7) is 4.33. The van der Waals surface area contributed by atoms with Crippen molar-refractivity contribution in [3.05, 3.63) is 228 Å². The molecule has 0 atom stereocenters. The van der Waals surface area contributed by atoms with Crippen molar-refractivity contribution in [1.82, 2.24) is 0 Å². The fourth-order valence-electron chi connectivity index (χ4n) is 11.4. The summed E-state index contributed by atoms with van der Waals surface area (Å²) in [7, 11) is 0. The maximum absolute atomic E-state index is 6.89. The molecule has 1 aromatic heterocycles. The van der Waals surface area contributed by atoms with Crippen LogP contribution in [0.1, 0.15) is 59.1 Å². The first-order valence-corrected chi connectivity index (χ1v) is 25.0. The van der Waals surface area contributed by atoms with E-state index in [1.54, 1.807) is 0 Å². The summed E-state index contributed by atoms with van der Waals surface area (Å²) in [6.07, 6.45) is 9.47. The van der Waals surface area contributed by atoms with Crippen LogP contribution in [0.25, 0.3) is 65.7 Å². The average Bonchev–Trinajstić information content (AvgIpc) is 3.74. The lowest BCUT2D eigenvalue weighted by Crippen LogP contribution is -2.13. The van der Waals surface area contributed by atoms with Crippen LogP contribution in [-0.4, -0.2) is 0 Å². The number of furan rings is 1. The molecule has 334 valence electrons. The standard InChI is InChI=1S/C66H54N2O/c1-43-21-27-55(28-22-43)67(63-39-49-19-11-9-17-47(49)35-59(63)45-13-5-3-6-14-45)57-31-25-51-37-61-62-38-52-26-32-58(34-54(52)42-66(62)69-65(61)41-53(51)33-57)68(56-29-23-44(2)24-30-56)64-40-50-20-12-10-18-48(50)36-60(64)46-15-7-4-8-16-46/h3-8,13-16,21-42H,9-12,17-20H2,1-2H3. The summed E-state index contributed by atoms with van der Waals surface area (Å²) in [5.41, 5.74) is 22.2. The van der Waals surface area contributed by atoms with Crippen molar-refractivity contribution in [3.63, 3.8) is 0 Å². The molecule has 1 heterocycles. The van der Waals surface area contributed by atoms with Gasteiger partial charge < -0.3 is 14.2 Å². The highest BCUT2D eigenvalue weighted by Gasteiger charge is 2.24. The van der Waals surface area contributed by atoms with Gasteiger partial charge in [-0.05, 0) is 217 Å². The van der Waals surface area contributed by atoms with E-state index in [-0.39, 0.29) is 0 Å². The summed E-state index contributed by atoms with van der Waals surface area (Å²) < 4.78 is 6.89. The number of anilines is 6. The van der Waals surface area contributed by atoms with Gasteiger partial charge in [0.2, 0.25) is 0 Å². The molecule has 0 saturated heterocycles. The molecule has 0 aliphatic heterocycles. The van der Waals surface area contributed by atoms with E-state index in [4.69, 9.17) is 4.42 Å². The summed E-state index contributed by atoms with van der Waals surface area (Å²) >= 11 is 0. The number of hydrogen-bond acceptors (Lipinski definition) is 3. The SMILES string of the molecule is Cc1ccc(N(c2ccc3cc4c(cc3c2)oc2cc3cc(N(c5ccc(C)cc5)c5cc6c(cc5-c5ccccc5)CCCC6)ccc3cc24)c2cc3c(cc2-c2ccccc2)CCCC3)cc1. The molecule has 0 saturated carbocycles. The van der Waals surface area contributed by atoms with E-state index in [0.29, 0.717) is 0 Å². The molecule has 0 N–H and O–H groups in total. The highest BCUT2D eigenvalue weighted by Crippen LogP contribution is 2.47. The van der Waals surface area contributed by atoms with Gasteiger partial charge in [-0.1, -0.05) is 108 Å². The van der Waals surface area contributed by atoms with Crippen molar-refractivity contribution in [1.29, 1.82) is 0 Å². The number of aryl methyl sites for hydroxylation is 6. The second-order valence-corrected chi connectivity index (χ2v) is 19.6. The predicted octanol–water partition coefficient (Wildman–Crippen LogP) is 18.5. The van der Waals surface area contributed by atoms with E-state index in [2.05, 4.69) is 218 Å².